The highest BCUT2D eigenvalue weighted by atomic mass is 28.4. The fourth-order valence-corrected chi connectivity index (χ4v) is 10.1. The number of hydrogen-bond donors (Lipinski definition) is 0. The van der Waals surface area contributed by atoms with E-state index in [1.54, 1.807) is 0 Å². The molecule has 128 valence electrons. The van der Waals surface area contributed by atoms with Gasteiger partial charge in [0.1, 0.15) is 5.60 Å². The van der Waals surface area contributed by atoms with Gasteiger partial charge in [-0.25, -0.2) is 0 Å². The lowest BCUT2D eigenvalue weighted by Gasteiger charge is -2.49. The molecular formula is C19H36O2Si. The minimum atomic E-state index is -2.02. The van der Waals surface area contributed by atoms with Crippen molar-refractivity contribution >= 4 is 14.1 Å². The summed E-state index contributed by atoms with van der Waals surface area (Å²) in [6, 6.07) is 0. The van der Waals surface area contributed by atoms with Gasteiger partial charge in [-0.1, -0.05) is 53.7 Å². The number of rotatable bonds is 6. The number of allylic oxidation sites excluding steroid dienone is 1. The summed E-state index contributed by atoms with van der Waals surface area (Å²) in [5.41, 5.74) is 2.08. The maximum Gasteiger partial charge on any atom is 0.201 e. The zero-order chi connectivity index (χ0) is 17.3. The molecule has 1 aliphatic rings. The van der Waals surface area contributed by atoms with Crippen LogP contribution in [-0.2, 0) is 9.22 Å². The zero-order valence-corrected chi connectivity index (χ0v) is 17.0. The van der Waals surface area contributed by atoms with Crippen LogP contribution in [0.1, 0.15) is 74.7 Å². The fraction of sp³-hybridized carbons (Fsp3) is 0.842. The number of hydrogen-bond acceptors (Lipinski definition) is 2. The summed E-state index contributed by atoms with van der Waals surface area (Å²) in [4.78, 5) is 12.8. The Kier molecular flexibility index (Phi) is 6.25. The first-order valence-electron chi connectivity index (χ1n) is 8.86. The summed E-state index contributed by atoms with van der Waals surface area (Å²) < 4.78 is 6.85. The van der Waals surface area contributed by atoms with Crippen molar-refractivity contribution in [3.63, 3.8) is 0 Å². The van der Waals surface area contributed by atoms with Crippen LogP contribution in [0.2, 0.25) is 16.6 Å². The minimum Gasteiger partial charge on any atom is -0.404 e. The molecule has 2 atom stereocenters. The molecule has 0 aromatic rings. The third-order valence-electron chi connectivity index (χ3n) is 5.80. The molecule has 1 fully saturated rings. The Balaban J connectivity index is 3.08. The van der Waals surface area contributed by atoms with Crippen molar-refractivity contribution in [1.82, 2.24) is 0 Å². The largest absolute Gasteiger partial charge is 0.404 e. The smallest absolute Gasteiger partial charge is 0.201 e. The van der Waals surface area contributed by atoms with E-state index in [4.69, 9.17) is 4.43 Å². The van der Waals surface area contributed by atoms with Gasteiger partial charge in [-0.05, 0) is 49.2 Å². The molecule has 0 aromatic heterocycles. The first kappa shape index (κ1) is 19.6. The Morgan fingerprint density at radius 3 is 1.95 bits per heavy atom. The Labute approximate surface area is 138 Å². The van der Waals surface area contributed by atoms with Gasteiger partial charge in [0, 0.05) is 6.42 Å². The predicted molar refractivity (Wildman–Crippen MR) is 97.7 cm³/mol. The molecule has 2 nitrogen and oxygen atoms in total. The van der Waals surface area contributed by atoms with Crippen LogP contribution in [0.25, 0.3) is 0 Å². The first-order valence-corrected chi connectivity index (χ1v) is 11.0. The molecule has 0 spiro atoms. The van der Waals surface area contributed by atoms with Crippen molar-refractivity contribution < 1.29 is 9.22 Å². The van der Waals surface area contributed by atoms with E-state index in [0.29, 0.717) is 29.0 Å². The van der Waals surface area contributed by atoms with Gasteiger partial charge < -0.3 is 4.43 Å². The summed E-state index contributed by atoms with van der Waals surface area (Å²) in [6.07, 6.45) is 2.46. The molecule has 0 unspecified atom stereocenters. The van der Waals surface area contributed by atoms with Crippen LogP contribution in [0.3, 0.4) is 0 Å². The molecule has 3 heteroatoms. The van der Waals surface area contributed by atoms with E-state index >= 15 is 0 Å². The topological polar surface area (TPSA) is 26.3 Å². The summed E-state index contributed by atoms with van der Waals surface area (Å²) in [5, 5.41) is 0. The molecular weight excluding hydrogens is 288 g/mol. The molecule has 0 bridgehead atoms. The monoisotopic (exact) mass is 324 g/mol. The fourth-order valence-electron chi connectivity index (χ4n) is 4.40. The highest BCUT2D eigenvalue weighted by Gasteiger charge is 2.52. The maximum absolute atomic E-state index is 12.8. The quantitative estimate of drug-likeness (QED) is 0.450. The molecule has 0 N–H and O–H groups in total. The molecule has 0 aliphatic heterocycles. The molecule has 0 heterocycles. The van der Waals surface area contributed by atoms with E-state index in [-0.39, 0.29) is 5.78 Å². The van der Waals surface area contributed by atoms with E-state index < -0.39 is 13.9 Å². The van der Waals surface area contributed by atoms with Crippen molar-refractivity contribution in [3.05, 3.63) is 12.2 Å². The van der Waals surface area contributed by atoms with Crippen LogP contribution in [-0.4, -0.2) is 19.7 Å². The molecule has 0 aromatic carbocycles. The van der Waals surface area contributed by atoms with Crippen LogP contribution in [0, 0.1) is 5.92 Å². The van der Waals surface area contributed by atoms with E-state index in [2.05, 4.69) is 48.1 Å². The van der Waals surface area contributed by atoms with Crippen LogP contribution < -0.4 is 0 Å². The molecule has 1 aliphatic carbocycles. The summed E-state index contributed by atoms with van der Waals surface area (Å²) in [7, 11) is -2.02. The highest BCUT2D eigenvalue weighted by molar-refractivity contribution is 6.77. The third kappa shape index (κ3) is 3.56. The average Bonchev–Trinajstić information content (AvgIpc) is 2.38. The van der Waals surface area contributed by atoms with E-state index in [0.717, 1.165) is 18.4 Å². The third-order valence-corrected chi connectivity index (χ3v) is 12.0. The van der Waals surface area contributed by atoms with Crippen molar-refractivity contribution in [2.45, 2.75) is 96.9 Å². The molecule has 22 heavy (non-hydrogen) atoms. The van der Waals surface area contributed by atoms with Crippen molar-refractivity contribution in [2.24, 2.45) is 5.92 Å². The standard InChI is InChI=1S/C19H36O2Si/c1-13(2)17-10-11-19(9,18(20)12-17)21-22(14(3)4,15(5)6)16(7)8/h14-17H,1,10-12H2,2-9H3/t17-,19-/m1/s1. The van der Waals surface area contributed by atoms with Crippen LogP contribution in [0.15, 0.2) is 12.2 Å². The lowest BCUT2D eigenvalue weighted by molar-refractivity contribution is -0.139. The Morgan fingerprint density at radius 2 is 1.64 bits per heavy atom. The minimum absolute atomic E-state index is 0.283. The van der Waals surface area contributed by atoms with Gasteiger partial charge in [0.05, 0.1) is 0 Å². The van der Waals surface area contributed by atoms with Crippen molar-refractivity contribution in [2.75, 3.05) is 0 Å². The second-order valence-corrected chi connectivity index (χ2v) is 13.7. The average molecular weight is 325 g/mol. The van der Waals surface area contributed by atoms with Gasteiger partial charge in [0.15, 0.2) is 5.78 Å². The SMILES string of the molecule is C=C(C)[C@@H]1CC[C@@](C)(O[Si](C(C)C)(C(C)C)C(C)C)C(=O)C1. The van der Waals surface area contributed by atoms with Gasteiger partial charge in [0.2, 0.25) is 8.32 Å². The van der Waals surface area contributed by atoms with Crippen molar-refractivity contribution in [1.29, 1.82) is 0 Å². The normalized spacial score (nSPS) is 27.0. The predicted octanol–water partition coefficient (Wildman–Crippen LogP) is 5.88. The molecule has 1 rings (SSSR count). The van der Waals surface area contributed by atoms with Crippen LogP contribution >= 0.6 is 0 Å². The first-order chi connectivity index (χ1) is 9.97. The molecule has 0 radical (unpaired) electrons. The maximum atomic E-state index is 12.8. The lowest BCUT2D eigenvalue weighted by Crippen LogP contribution is -2.57. The summed E-state index contributed by atoms with van der Waals surface area (Å²) in [6.45, 7) is 21.8. The van der Waals surface area contributed by atoms with Gasteiger partial charge in [-0.2, -0.15) is 0 Å². The molecule has 1 saturated carbocycles. The molecule has 0 saturated heterocycles. The number of ketones is 1. The van der Waals surface area contributed by atoms with E-state index in [9.17, 15) is 4.79 Å². The van der Waals surface area contributed by atoms with Gasteiger partial charge in [0.25, 0.3) is 0 Å². The van der Waals surface area contributed by atoms with Gasteiger partial charge in [-0.15, -0.1) is 0 Å². The number of carbonyl (C=O) groups excluding carboxylic acids is 1. The Hall–Kier alpha value is -0.413. The van der Waals surface area contributed by atoms with Gasteiger partial charge >= 0.3 is 0 Å². The second kappa shape index (κ2) is 7.00. The van der Waals surface area contributed by atoms with E-state index in [1.807, 2.05) is 13.8 Å². The zero-order valence-electron chi connectivity index (χ0n) is 16.0. The number of Topliss-reactive ketones (excluding diaryl/α,β-unsaturated/α-hetero) is 1. The second-order valence-electron chi connectivity index (χ2n) is 8.36. The Morgan fingerprint density at radius 1 is 1.18 bits per heavy atom. The van der Waals surface area contributed by atoms with Gasteiger partial charge in [-0.3, -0.25) is 4.79 Å². The lowest BCUT2D eigenvalue weighted by atomic mass is 9.76. The van der Waals surface area contributed by atoms with E-state index in [1.165, 1.54) is 0 Å². The molecule has 0 amide bonds. The van der Waals surface area contributed by atoms with Crippen LogP contribution in [0.4, 0.5) is 0 Å². The summed E-state index contributed by atoms with van der Waals surface area (Å²) in [5.74, 6) is 0.628. The highest BCUT2D eigenvalue weighted by Crippen LogP contribution is 2.47. The van der Waals surface area contributed by atoms with Crippen LogP contribution in [0.5, 0.6) is 0 Å². The summed E-state index contributed by atoms with van der Waals surface area (Å²) >= 11 is 0. The Bertz CT molecular complexity index is 403. The van der Waals surface area contributed by atoms with Crippen molar-refractivity contribution in [3.8, 4) is 0 Å². The number of carbonyl (C=O) groups is 1.